The average molecular weight is 676 g/mol. The third kappa shape index (κ3) is 34.4. The van der Waals surface area contributed by atoms with Crippen LogP contribution >= 0.6 is 7.82 Å². The largest absolute Gasteiger partial charge is 0.498 e. The first-order valence-electron chi connectivity index (χ1n) is 19.2. The van der Waals surface area contributed by atoms with Crippen molar-refractivity contribution in [2.24, 2.45) is 5.73 Å². The summed E-state index contributed by atoms with van der Waals surface area (Å²) < 4.78 is 33.0. The Bertz CT molecular complexity index is 722. The van der Waals surface area contributed by atoms with Gasteiger partial charge in [-0.1, -0.05) is 162 Å². The molecule has 46 heavy (non-hydrogen) atoms. The van der Waals surface area contributed by atoms with E-state index >= 15 is 0 Å². The maximum absolute atomic E-state index is 12.5. The van der Waals surface area contributed by atoms with Crippen molar-refractivity contribution in [2.75, 3.05) is 26.4 Å². The minimum atomic E-state index is -4.28. The SMILES string of the molecule is CCCCCCCCCCCCCC/C=C/OC[C@H](COP(=O)(O)OCCN)OC(=O)CCCCCCCCCCCCCCC. The summed E-state index contributed by atoms with van der Waals surface area (Å²) in [4.78, 5) is 22.3. The second-order valence-electron chi connectivity index (χ2n) is 12.9. The third-order valence-electron chi connectivity index (χ3n) is 8.28. The van der Waals surface area contributed by atoms with E-state index in [9.17, 15) is 14.3 Å². The topological polar surface area (TPSA) is 117 Å². The first-order chi connectivity index (χ1) is 22.4. The molecule has 0 radical (unpaired) electrons. The number of allylic oxidation sites excluding steroid dienone is 1. The fraction of sp³-hybridized carbons (Fsp3) is 0.919. The van der Waals surface area contributed by atoms with E-state index in [1.165, 1.54) is 135 Å². The Morgan fingerprint density at radius 3 is 1.54 bits per heavy atom. The molecule has 0 aromatic rings. The molecule has 0 amide bonds. The molecule has 2 atom stereocenters. The Hall–Kier alpha value is -0.920. The van der Waals surface area contributed by atoms with Crippen LogP contribution in [-0.2, 0) is 27.9 Å². The highest BCUT2D eigenvalue weighted by molar-refractivity contribution is 7.47. The molecule has 0 bridgehead atoms. The number of phosphoric acid groups is 1. The number of nitrogens with two attached hydrogens (primary N) is 1. The van der Waals surface area contributed by atoms with E-state index in [0.29, 0.717) is 6.42 Å². The van der Waals surface area contributed by atoms with Crippen molar-refractivity contribution < 1.29 is 32.8 Å². The van der Waals surface area contributed by atoms with Crippen LogP contribution in [0, 0.1) is 0 Å². The van der Waals surface area contributed by atoms with E-state index in [0.717, 1.165) is 32.1 Å². The van der Waals surface area contributed by atoms with E-state index in [1.807, 2.05) is 6.08 Å². The smallest absolute Gasteiger partial charge is 0.472 e. The van der Waals surface area contributed by atoms with Crippen LogP contribution in [0.15, 0.2) is 12.3 Å². The van der Waals surface area contributed by atoms with Gasteiger partial charge in [-0.3, -0.25) is 13.8 Å². The number of rotatable bonds is 37. The van der Waals surface area contributed by atoms with Gasteiger partial charge in [-0.05, 0) is 25.3 Å². The van der Waals surface area contributed by atoms with E-state index in [1.54, 1.807) is 6.26 Å². The molecule has 0 rings (SSSR count). The lowest BCUT2D eigenvalue weighted by Crippen LogP contribution is -2.27. The molecule has 0 saturated heterocycles. The van der Waals surface area contributed by atoms with Gasteiger partial charge >= 0.3 is 13.8 Å². The Morgan fingerprint density at radius 1 is 0.652 bits per heavy atom. The van der Waals surface area contributed by atoms with Crippen LogP contribution in [-0.4, -0.2) is 43.3 Å². The van der Waals surface area contributed by atoms with Gasteiger partial charge in [0.2, 0.25) is 0 Å². The highest BCUT2D eigenvalue weighted by Gasteiger charge is 2.25. The van der Waals surface area contributed by atoms with Crippen LogP contribution in [0.2, 0.25) is 0 Å². The Morgan fingerprint density at radius 2 is 1.09 bits per heavy atom. The summed E-state index contributed by atoms with van der Waals surface area (Å²) in [6, 6.07) is 0. The van der Waals surface area contributed by atoms with Gasteiger partial charge in [0.05, 0.1) is 19.5 Å². The lowest BCUT2D eigenvalue weighted by atomic mass is 10.0. The minimum absolute atomic E-state index is 0.0379. The Balaban J connectivity index is 4.12. The van der Waals surface area contributed by atoms with Gasteiger partial charge in [-0.15, -0.1) is 0 Å². The third-order valence-corrected chi connectivity index (χ3v) is 9.26. The molecule has 0 spiro atoms. The molecule has 8 nitrogen and oxygen atoms in total. The zero-order chi connectivity index (χ0) is 33.8. The lowest BCUT2D eigenvalue weighted by Gasteiger charge is -2.19. The predicted molar refractivity (Wildman–Crippen MR) is 192 cm³/mol. The van der Waals surface area contributed by atoms with Crippen molar-refractivity contribution >= 4 is 13.8 Å². The summed E-state index contributed by atoms with van der Waals surface area (Å²) in [6.07, 6.45) is 36.0. The number of phosphoric ester groups is 1. The van der Waals surface area contributed by atoms with Gasteiger partial charge in [-0.2, -0.15) is 0 Å². The summed E-state index contributed by atoms with van der Waals surface area (Å²) in [5.41, 5.74) is 5.34. The maximum Gasteiger partial charge on any atom is 0.472 e. The molecule has 0 aliphatic heterocycles. The first kappa shape index (κ1) is 45.1. The molecule has 0 saturated carbocycles. The molecular weight excluding hydrogens is 601 g/mol. The second kappa shape index (κ2) is 35.4. The molecule has 3 N–H and O–H groups in total. The average Bonchev–Trinajstić information content (AvgIpc) is 3.04. The van der Waals surface area contributed by atoms with Gasteiger partial charge < -0.3 is 20.1 Å². The van der Waals surface area contributed by atoms with E-state index < -0.39 is 13.9 Å². The van der Waals surface area contributed by atoms with Crippen molar-refractivity contribution in [1.29, 1.82) is 0 Å². The van der Waals surface area contributed by atoms with Crippen LogP contribution in [0.1, 0.15) is 187 Å². The van der Waals surface area contributed by atoms with E-state index in [-0.39, 0.29) is 32.3 Å². The molecule has 0 heterocycles. The number of unbranched alkanes of at least 4 members (excludes halogenated alkanes) is 24. The lowest BCUT2D eigenvalue weighted by molar-refractivity contribution is -0.153. The fourth-order valence-electron chi connectivity index (χ4n) is 5.43. The summed E-state index contributed by atoms with van der Waals surface area (Å²) in [7, 11) is -4.28. The summed E-state index contributed by atoms with van der Waals surface area (Å²) in [6.45, 7) is 4.25. The minimum Gasteiger partial charge on any atom is -0.498 e. The fourth-order valence-corrected chi connectivity index (χ4v) is 6.20. The molecule has 274 valence electrons. The quantitative estimate of drug-likeness (QED) is 0.0289. The van der Waals surface area contributed by atoms with Crippen molar-refractivity contribution in [3.05, 3.63) is 12.3 Å². The number of carbonyl (C=O) groups is 1. The molecule has 0 aromatic carbocycles. The van der Waals surface area contributed by atoms with E-state index in [2.05, 4.69) is 13.8 Å². The number of hydrogen-bond acceptors (Lipinski definition) is 7. The van der Waals surface area contributed by atoms with Crippen LogP contribution in [0.5, 0.6) is 0 Å². The Kier molecular flexibility index (Phi) is 34.7. The number of carbonyl (C=O) groups excluding carboxylic acids is 1. The van der Waals surface area contributed by atoms with Gasteiger partial charge in [0, 0.05) is 13.0 Å². The first-order valence-corrected chi connectivity index (χ1v) is 20.7. The maximum atomic E-state index is 12.5. The molecule has 9 heteroatoms. The second-order valence-corrected chi connectivity index (χ2v) is 14.3. The molecular formula is C37H74NO7P. The highest BCUT2D eigenvalue weighted by Crippen LogP contribution is 2.43. The van der Waals surface area contributed by atoms with Crippen LogP contribution in [0.25, 0.3) is 0 Å². The number of hydrogen-bond donors (Lipinski definition) is 2. The molecule has 0 fully saturated rings. The molecule has 0 aliphatic carbocycles. The predicted octanol–water partition coefficient (Wildman–Crippen LogP) is 11.1. The van der Waals surface area contributed by atoms with Crippen LogP contribution in [0.4, 0.5) is 0 Å². The number of ether oxygens (including phenoxy) is 2. The monoisotopic (exact) mass is 676 g/mol. The molecule has 0 aromatic heterocycles. The van der Waals surface area contributed by atoms with Crippen molar-refractivity contribution in [2.45, 2.75) is 193 Å². The summed E-state index contributed by atoms with van der Waals surface area (Å²) in [5.74, 6) is -0.351. The number of esters is 1. The summed E-state index contributed by atoms with van der Waals surface area (Å²) in [5, 5.41) is 0. The van der Waals surface area contributed by atoms with Crippen LogP contribution in [0.3, 0.4) is 0 Å². The molecule has 1 unspecified atom stereocenters. The van der Waals surface area contributed by atoms with Gasteiger partial charge in [0.15, 0.2) is 6.10 Å². The standard InChI is InChI=1S/C37H74NO7P/c1-3-5-7-9-11-13-15-17-19-21-23-25-27-29-32-42-34-36(35-44-46(40,41)43-33-31-38)45-37(39)30-28-26-24-22-20-18-16-14-12-10-8-6-4-2/h29,32,36H,3-28,30-31,33-35,38H2,1-2H3,(H,40,41)/b32-29+/t36-/m1/s1. The summed E-state index contributed by atoms with van der Waals surface area (Å²) >= 11 is 0. The van der Waals surface area contributed by atoms with E-state index in [4.69, 9.17) is 24.3 Å². The van der Waals surface area contributed by atoms with Gasteiger partial charge in [0.1, 0.15) is 6.61 Å². The highest BCUT2D eigenvalue weighted by atomic mass is 31.2. The molecule has 0 aliphatic rings. The van der Waals surface area contributed by atoms with Gasteiger partial charge in [0.25, 0.3) is 0 Å². The van der Waals surface area contributed by atoms with Gasteiger partial charge in [-0.25, -0.2) is 4.57 Å². The zero-order valence-corrected chi connectivity index (χ0v) is 31.0. The normalized spacial score (nSPS) is 13.7. The van der Waals surface area contributed by atoms with Crippen molar-refractivity contribution in [3.63, 3.8) is 0 Å². The van der Waals surface area contributed by atoms with Crippen molar-refractivity contribution in [1.82, 2.24) is 0 Å². The Labute approximate surface area is 283 Å². The van der Waals surface area contributed by atoms with Crippen LogP contribution < -0.4 is 5.73 Å². The zero-order valence-electron chi connectivity index (χ0n) is 30.1. The van der Waals surface area contributed by atoms with Crippen molar-refractivity contribution in [3.8, 4) is 0 Å².